The maximum absolute atomic E-state index is 4.58. The first-order valence-corrected chi connectivity index (χ1v) is 8.23. The van der Waals surface area contributed by atoms with Gasteiger partial charge in [-0.1, -0.05) is 25.7 Å². The average molecular weight is 266 g/mol. The second kappa shape index (κ2) is 6.67. The number of aryl methyl sites for hydroxylation is 1. The maximum Gasteiger partial charge on any atom is 0.0898 e. The fraction of sp³-hybridized carbons (Fsp3) is 0.800. The molecule has 0 spiro atoms. The van der Waals surface area contributed by atoms with Crippen LogP contribution in [0.5, 0.6) is 0 Å². The van der Waals surface area contributed by atoms with Crippen molar-refractivity contribution in [1.29, 1.82) is 0 Å². The molecule has 0 aliphatic heterocycles. The Kier molecular flexibility index (Phi) is 5.19. The van der Waals surface area contributed by atoms with Crippen molar-refractivity contribution in [2.24, 2.45) is 5.92 Å². The van der Waals surface area contributed by atoms with E-state index in [1.54, 1.807) is 11.3 Å². The van der Waals surface area contributed by atoms with Gasteiger partial charge in [-0.05, 0) is 39.5 Å². The highest BCUT2D eigenvalue weighted by molar-refractivity contribution is 7.09. The Balaban J connectivity index is 1.87. The first-order valence-electron chi connectivity index (χ1n) is 7.35. The highest BCUT2D eigenvalue weighted by Crippen LogP contribution is 2.27. The fourth-order valence-corrected chi connectivity index (χ4v) is 3.71. The molecule has 2 rings (SSSR count). The SMILES string of the molecule is Cc1nc(C(C)N[C@H](C)C2CCCCCC2)cs1. The van der Waals surface area contributed by atoms with Crippen LogP contribution in [0.2, 0.25) is 0 Å². The Hall–Kier alpha value is -0.410. The van der Waals surface area contributed by atoms with Crippen LogP contribution in [0, 0.1) is 12.8 Å². The molecular formula is C15H26N2S. The Morgan fingerprint density at radius 3 is 2.44 bits per heavy atom. The average Bonchev–Trinajstić information content (AvgIpc) is 2.63. The lowest BCUT2D eigenvalue weighted by Gasteiger charge is -2.26. The number of rotatable bonds is 4. The fourth-order valence-electron chi connectivity index (χ4n) is 3.01. The van der Waals surface area contributed by atoms with E-state index in [0.29, 0.717) is 12.1 Å². The number of hydrogen-bond donors (Lipinski definition) is 1. The molecule has 0 amide bonds. The summed E-state index contributed by atoms with van der Waals surface area (Å²) < 4.78 is 0. The van der Waals surface area contributed by atoms with E-state index < -0.39 is 0 Å². The van der Waals surface area contributed by atoms with E-state index in [4.69, 9.17) is 0 Å². The van der Waals surface area contributed by atoms with Gasteiger partial charge >= 0.3 is 0 Å². The van der Waals surface area contributed by atoms with Gasteiger partial charge in [0.15, 0.2) is 0 Å². The van der Waals surface area contributed by atoms with Gasteiger partial charge in [-0.15, -0.1) is 11.3 Å². The van der Waals surface area contributed by atoms with Gasteiger partial charge in [0.25, 0.3) is 0 Å². The van der Waals surface area contributed by atoms with Gasteiger partial charge in [0.2, 0.25) is 0 Å². The zero-order valence-electron chi connectivity index (χ0n) is 11.9. The third-order valence-corrected chi connectivity index (χ3v) is 4.99. The first-order chi connectivity index (χ1) is 8.66. The third kappa shape index (κ3) is 3.79. The Bertz CT molecular complexity index is 353. The summed E-state index contributed by atoms with van der Waals surface area (Å²) in [6.07, 6.45) is 8.50. The molecule has 1 saturated carbocycles. The summed E-state index contributed by atoms with van der Waals surface area (Å²) in [6, 6.07) is 0.994. The lowest BCUT2D eigenvalue weighted by molar-refractivity contribution is 0.315. The van der Waals surface area contributed by atoms with Crippen molar-refractivity contribution < 1.29 is 0 Å². The molecule has 0 bridgehead atoms. The molecule has 2 atom stereocenters. The smallest absolute Gasteiger partial charge is 0.0898 e. The van der Waals surface area contributed by atoms with E-state index in [0.717, 1.165) is 5.92 Å². The molecule has 1 aliphatic carbocycles. The summed E-state index contributed by atoms with van der Waals surface area (Å²) in [5.74, 6) is 0.856. The standard InChI is InChI=1S/C15H26N2S/c1-11(14-8-6-4-5-7-9-14)16-12(2)15-10-18-13(3)17-15/h10-12,14,16H,4-9H2,1-3H3/t11-,12?/m1/s1. The Morgan fingerprint density at radius 2 is 1.89 bits per heavy atom. The number of nitrogens with one attached hydrogen (secondary N) is 1. The minimum Gasteiger partial charge on any atom is -0.306 e. The number of hydrogen-bond acceptors (Lipinski definition) is 3. The van der Waals surface area contributed by atoms with E-state index in [-0.39, 0.29) is 0 Å². The zero-order chi connectivity index (χ0) is 13.0. The van der Waals surface area contributed by atoms with E-state index in [2.05, 4.69) is 36.5 Å². The van der Waals surface area contributed by atoms with Gasteiger partial charge in [-0.2, -0.15) is 0 Å². The predicted octanol–water partition coefficient (Wildman–Crippen LogP) is 4.46. The molecule has 1 N–H and O–H groups in total. The van der Waals surface area contributed by atoms with Crippen LogP contribution in [0.1, 0.15) is 69.1 Å². The Labute approximate surface area is 115 Å². The molecule has 1 unspecified atom stereocenters. The van der Waals surface area contributed by atoms with Crippen molar-refractivity contribution in [2.45, 2.75) is 71.4 Å². The van der Waals surface area contributed by atoms with Gasteiger partial charge in [-0.3, -0.25) is 0 Å². The first kappa shape index (κ1) is 14.0. The quantitative estimate of drug-likeness (QED) is 0.814. The summed E-state index contributed by atoms with van der Waals surface area (Å²) >= 11 is 1.75. The van der Waals surface area contributed by atoms with Gasteiger partial charge in [0.1, 0.15) is 0 Å². The summed E-state index contributed by atoms with van der Waals surface area (Å²) in [4.78, 5) is 4.58. The van der Waals surface area contributed by atoms with E-state index in [9.17, 15) is 0 Å². The highest BCUT2D eigenvalue weighted by Gasteiger charge is 2.21. The van der Waals surface area contributed by atoms with Gasteiger partial charge in [0.05, 0.1) is 10.7 Å². The molecular weight excluding hydrogens is 240 g/mol. The molecule has 1 aromatic rings. The van der Waals surface area contributed by atoms with Crippen molar-refractivity contribution >= 4 is 11.3 Å². The van der Waals surface area contributed by atoms with Crippen molar-refractivity contribution in [3.8, 4) is 0 Å². The second-order valence-corrected chi connectivity index (χ2v) is 6.78. The molecule has 102 valence electrons. The van der Waals surface area contributed by atoms with Gasteiger partial charge in [-0.25, -0.2) is 4.98 Å². The second-order valence-electron chi connectivity index (χ2n) is 5.72. The predicted molar refractivity (Wildman–Crippen MR) is 79.1 cm³/mol. The molecule has 18 heavy (non-hydrogen) atoms. The van der Waals surface area contributed by atoms with Crippen LogP contribution in [0.25, 0.3) is 0 Å². The van der Waals surface area contributed by atoms with Crippen molar-refractivity contribution in [3.05, 3.63) is 16.1 Å². The van der Waals surface area contributed by atoms with Gasteiger partial charge < -0.3 is 5.32 Å². The number of nitrogens with zero attached hydrogens (tertiary/aromatic N) is 1. The van der Waals surface area contributed by atoms with Crippen molar-refractivity contribution in [3.63, 3.8) is 0 Å². The summed E-state index contributed by atoms with van der Waals surface area (Å²) in [6.45, 7) is 6.67. The zero-order valence-corrected chi connectivity index (χ0v) is 12.7. The third-order valence-electron chi connectivity index (χ3n) is 4.20. The molecule has 1 heterocycles. The van der Waals surface area contributed by atoms with Gasteiger partial charge in [0, 0.05) is 17.5 Å². The van der Waals surface area contributed by atoms with E-state index >= 15 is 0 Å². The minimum atomic E-state index is 0.383. The number of thiazole rings is 1. The lowest BCUT2D eigenvalue weighted by Crippen LogP contribution is -2.35. The molecule has 0 saturated heterocycles. The van der Waals surface area contributed by atoms with Crippen LogP contribution >= 0.6 is 11.3 Å². The van der Waals surface area contributed by atoms with Crippen LogP contribution in [0.15, 0.2) is 5.38 Å². The minimum absolute atomic E-state index is 0.383. The molecule has 0 aromatic carbocycles. The van der Waals surface area contributed by atoms with Crippen LogP contribution in [-0.4, -0.2) is 11.0 Å². The summed E-state index contributed by atoms with van der Waals surface area (Å²) in [7, 11) is 0. The highest BCUT2D eigenvalue weighted by atomic mass is 32.1. The monoisotopic (exact) mass is 266 g/mol. The summed E-state index contributed by atoms with van der Waals surface area (Å²) in [5, 5.41) is 7.11. The van der Waals surface area contributed by atoms with Crippen LogP contribution in [0.3, 0.4) is 0 Å². The van der Waals surface area contributed by atoms with Crippen molar-refractivity contribution in [2.75, 3.05) is 0 Å². The normalized spacial score (nSPS) is 21.5. The summed E-state index contributed by atoms with van der Waals surface area (Å²) in [5.41, 5.74) is 1.21. The molecule has 0 radical (unpaired) electrons. The van der Waals surface area contributed by atoms with Crippen LogP contribution in [0.4, 0.5) is 0 Å². The number of aromatic nitrogens is 1. The van der Waals surface area contributed by atoms with Crippen LogP contribution < -0.4 is 5.32 Å². The van der Waals surface area contributed by atoms with E-state index in [1.165, 1.54) is 49.2 Å². The lowest BCUT2D eigenvalue weighted by atomic mass is 9.92. The topological polar surface area (TPSA) is 24.9 Å². The van der Waals surface area contributed by atoms with Crippen molar-refractivity contribution in [1.82, 2.24) is 10.3 Å². The Morgan fingerprint density at radius 1 is 1.22 bits per heavy atom. The molecule has 2 nitrogen and oxygen atoms in total. The van der Waals surface area contributed by atoms with E-state index in [1.807, 2.05) is 0 Å². The van der Waals surface area contributed by atoms with Crippen LogP contribution in [-0.2, 0) is 0 Å². The molecule has 1 aromatic heterocycles. The molecule has 1 aliphatic rings. The maximum atomic E-state index is 4.58. The largest absolute Gasteiger partial charge is 0.306 e. The molecule has 3 heteroatoms. The molecule has 1 fully saturated rings.